The molecular weight excluding hydrogens is 835 g/mol. The number of carbonyl (C=O) groups excluding carboxylic acids is 2. The van der Waals surface area contributed by atoms with Crippen LogP contribution in [-0.4, -0.2) is 100 Å². The summed E-state index contributed by atoms with van der Waals surface area (Å²) in [5.41, 5.74) is 0. The number of aliphatic hydroxyl groups excluding tert-OH is 5. The van der Waals surface area contributed by atoms with Crippen LogP contribution in [0.3, 0.4) is 0 Å². The maximum Gasteiger partial charge on any atom is 0.305 e. The Labute approximate surface area is 403 Å². The van der Waals surface area contributed by atoms with Gasteiger partial charge in [0.15, 0.2) is 6.29 Å². The van der Waals surface area contributed by atoms with E-state index in [1.165, 1.54) is 148 Å². The van der Waals surface area contributed by atoms with Crippen LogP contribution in [0.1, 0.15) is 251 Å². The van der Waals surface area contributed by atoms with Gasteiger partial charge in [0, 0.05) is 12.8 Å². The van der Waals surface area contributed by atoms with Gasteiger partial charge in [0.25, 0.3) is 0 Å². The van der Waals surface area contributed by atoms with Crippen LogP contribution in [0.25, 0.3) is 0 Å². The molecule has 7 unspecified atom stereocenters. The lowest BCUT2D eigenvalue weighted by atomic mass is 9.99. The third-order valence-electron chi connectivity index (χ3n) is 13.1. The van der Waals surface area contributed by atoms with Gasteiger partial charge < -0.3 is 45.1 Å². The van der Waals surface area contributed by atoms with E-state index in [1.807, 2.05) is 6.08 Å². The Morgan fingerprint density at radius 3 is 1.47 bits per heavy atom. The molecule has 0 spiro atoms. The summed E-state index contributed by atoms with van der Waals surface area (Å²) in [7, 11) is 0. The molecule has 11 nitrogen and oxygen atoms in total. The maximum atomic E-state index is 13.0. The maximum absolute atomic E-state index is 13.0. The van der Waals surface area contributed by atoms with Crippen molar-refractivity contribution in [2.45, 2.75) is 294 Å². The van der Waals surface area contributed by atoms with Crippen molar-refractivity contribution in [3.63, 3.8) is 0 Å². The van der Waals surface area contributed by atoms with E-state index in [9.17, 15) is 35.1 Å². The Balaban J connectivity index is 2.21. The zero-order valence-electron chi connectivity index (χ0n) is 42.4. The highest BCUT2D eigenvalue weighted by Gasteiger charge is 2.44. The number of ether oxygens (including phenoxy) is 3. The molecule has 388 valence electrons. The second-order valence-electron chi connectivity index (χ2n) is 19.3. The number of esters is 1. The van der Waals surface area contributed by atoms with E-state index in [0.717, 1.165) is 70.6 Å². The van der Waals surface area contributed by atoms with Crippen LogP contribution in [0.5, 0.6) is 0 Å². The van der Waals surface area contributed by atoms with Gasteiger partial charge in [0.05, 0.1) is 32.0 Å². The molecule has 66 heavy (non-hydrogen) atoms. The quantitative estimate of drug-likeness (QED) is 0.0196. The largest absolute Gasteiger partial charge is 0.466 e. The van der Waals surface area contributed by atoms with Crippen molar-refractivity contribution in [3.8, 4) is 0 Å². The van der Waals surface area contributed by atoms with Gasteiger partial charge in [0.1, 0.15) is 24.4 Å². The average Bonchev–Trinajstić information content (AvgIpc) is 3.31. The molecule has 0 saturated carbocycles. The molecular formula is C55H103NO10. The first kappa shape index (κ1) is 62.2. The molecule has 1 fully saturated rings. The Hall–Kier alpha value is -1.86. The highest BCUT2D eigenvalue weighted by atomic mass is 16.7. The van der Waals surface area contributed by atoms with Gasteiger partial charge >= 0.3 is 5.97 Å². The zero-order chi connectivity index (χ0) is 48.1. The van der Waals surface area contributed by atoms with Crippen molar-refractivity contribution >= 4 is 11.9 Å². The van der Waals surface area contributed by atoms with E-state index in [2.05, 4.69) is 31.3 Å². The fraction of sp³-hybridized carbons (Fsp3) is 0.891. The highest BCUT2D eigenvalue weighted by molar-refractivity contribution is 5.76. The molecule has 0 aromatic rings. The lowest BCUT2D eigenvalue weighted by Gasteiger charge is -2.40. The molecule has 7 atom stereocenters. The Morgan fingerprint density at radius 1 is 0.545 bits per heavy atom. The summed E-state index contributed by atoms with van der Waals surface area (Å²) in [4.78, 5) is 25.0. The molecule has 1 saturated heterocycles. The number of amides is 1. The summed E-state index contributed by atoms with van der Waals surface area (Å²) >= 11 is 0. The van der Waals surface area contributed by atoms with Crippen LogP contribution in [-0.2, 0) is 23.8 Å². The molecule has 0 aromatic heterocycles. The number of aliphatic hydroxyl groups is 5. The summed E-state index contributed by atoms with van der Waals surface area (Å²) in [6.07, 6.45) is 42.5. The third kappa shape index (κ3) is 35.3. The van der Waals surface area contributed by atoms with Gasteiger partial charge in [0.2, 0.25) is 5.91 Å². The van der Waals surface area contributed by atoms with Gasteiger partial charge in [-0.3, -0.25) is 9.59 Å². The first-order chi connectivity index (χ1) is 32.2. The predicted octanol–water partition coefficient (Wildman–Crippen LogP) is 11.8. The lowest BCUT2D eigenvalue weighted by molar-refractivity contribution is -0.302. The van der Waals surface area contributed by atoms with Gasteiger partial charge in [-0.1, -0.05) is 205 Å². The number of nitrogens with one attached hydrogen (secondary N) is 1. The van der Waals surface area contributed by atoms with Crippen molar-refractivity contribution in [1.29, 1.82) is 0 Å². The molecule has 6 N–H and O–H groups in total. The van der Waals surface area contributed by atoms with E-state index in [4.69, 9.17) is 14.2 Å². The van der Waals surface area contributed by atoms with E-state index >= 15 is 0 Å². The molecule has 1 rings (SSSR count). The zero-order valence-corrected chi connectivity index (χ0v) is 42.4. The molecule has 1 heterocycles. The number of unbranched alkanes of at least 4 members (excludes halogenated alkanes) is 31. The van der Waals surface area contributed by atoms with E-state index in [0.29, 0.717) is 25.9 Å². The number of allylic oxidation sites excluding steroid dienone is 3. The normalized spacial score (nSPS) is 19.8. The van der Waals surface area contributed by atoms with Crippen LogP contribution < -0.4 is 5.32 Å². The summed E-state index contributed by atoms with van der Waals surface area (Å²) in [6, 6.07) is -0.829. The Bertz CT molecular complexity index is 1150. The molecule has 11 heteroatoms. The van der Waals surface area contributed by atoms with Crippen molar-refractivity contribution in [2.24, 2.45) is 0 Å². The van der Waals surface area contributed by atoms with Crippen LogP contribution in [0, 0.1) is 0 Å². The number of carbonyl (C=O) groups is 2. The lowest BCUT2D eigenvalue weighted by Crippen LogP contribution is -2.60. The van der Waals surface area contributed by atoms with Crippen LogP contribution in [0.4, 0.5) is 0 Å². The first-order valence-corrected chi connectivity index (χ1v) is 27.6. The minimum atomic E-state index is -1.58. The fourth-order valence-corrected chi connectivity index (χ4v) is 8.60. The minimum absolute atomic E-state index is 0.0351. The average molecular weight is 938 g/mol. The van der Waals surface area contributed by atoms with Gasteiger partial charge in [-0.15, -0.1) is 0 Å². The van der Waals surface area contributed by atoms with Crippen molar-refractivity contribution < 1.29 is 49.3 Å². The second kappa shape index (κ2) is 45.6. The van der Waals surface area contributed by atoms with E-state index < -0.39 is 49.5 Å². The minimum Gasteiger partial charge on any atom is -0.466 e. The van der Waals surface area contributed by atoms with Crippen LogP contribution >= 0.6 is 0 Å². The van der Waals surface area contributed by atoms with Gasteiger partial charge in [-0.25, -0.2) is 0 Å². The molecule has 1 amide bonds. The Morgan fingerprint density at radius 2 is 0.970 bits per heavy atom. The molecule has 0 radical (unpaired) electrons. The second-order valence-corrected chi connectivity index (χ2v) is 19.3. The molecule has 0 bridgehead atoms. The predicted molar refractivity (Wildman–Crippen MR) is 269 cm³/mol. The SMILES string of the molecule is CCCCCCCCCCCCCC/C=C/C(O)C(COC1OC(CO)C(O)C(O)C1O)NC(=O)CCCCC/C=C\CCCCCCCCOC(=O)CCCCCCCCCCCCC. The number of hydrogen-bond donors (Lipinski definition) is 6. The molecule has 1 aliphatic rings. The summed E-state index contributed by atoms with van der Waals surface area (Å²) < 4.78 is 16.7. The topological polar surface area (TPSA) is 175 Å². The Kier molecular flexibility index (Phi) is 42.9. The van der Waals surface area contributed by atoms with Crippen molar-refractivity contribution in [2.75, 3.05) is 19.8 Å². The fourth-order valence-electron chi connectivity index (χ4n) is 8.60. The van der Waals surface area contributed by atoms with Crippen LogP contribution in [0.15, 0.2) is 24.3 Å². The summed E-state index contributed by atoms with van der Waals surface area (Å²) in [6.45, 7) is 4.28. The first-order valence-electron chi connectivity index (χ1n) is 27.6. The summed E-state index contributed by atoms with van der Waals surface area (Å²) in [5, 5.41) is 54.3. The smallest absolute Gasteiger partial charge is 0.305 e. The molecule has 0 aliphatic carbocycles. The van der Waals surface area contributed by atoms with Crippen LogP contribution in [0.2, 0.25) is 0 Å². The van der Waals surface area contributed by atoms with E-state index in [1.54, 1.807) is 6.08 Å². The molecule has 1 aliphatic heterocycles. The van der Waals surface area contributed by atoms with Gasteiger partial charge in [-0.2, -0.15) is 0 Å². The van der Waals surface area contributed by atoms with Crippen molar-refractivity contribution in [1.82, 2.24) is 5.32 Å². The third-order valence-corrected chi connectivity index (χ3v) is 13.1. The number of hydrogen-bond acceptors (Lipinski definition) is 10. The van der Waals surface area contributed by atoms with Gasteiger partial charge in [-0.05, 0) is 57.8 Å². The molecule has 0 aromatic carbocycles. The number of rotatable bonds is 47. The van der Waals surface area contributed by atoms with E-state index in [-0.39, 0.29) is 18.5 Å². The standard InChI is InChI=1S/C55H103NO10/c1-3-5-7-9-11-13-15-16-18-22-25-29-33-37-41-48(58)47(46-65-55-54(63)53(62)52(61)49(45-57)66-55)56-50(59)42-38-34-30-26-23-19-17-20-24-28-32-36-40-44-64-51(60)43-39-35-31-27-21-14-12-10-8-6-4-2/h19,23,37,41,47-49,52-55,57-58,61-63H,3-18,20-22,24-36,38-40,42-46H2,1-2H3,(H,56,59)/b23-19-,41-37+. The van der Waals surface area contributed by atoms with Crippen molar-refractivity contribution in [3.05, 3.63) is 24.3 Å². The summed E-state index contributed by atoms with van der Waals surface area (Å²) in [5.74, 6) is -0.246. The monoisotopic (exact) mass is 938 g/mol. The highest BCUT2D eigenvalue weighted by Crippen LogP contribution is 2.23.